The number of piperidine rings is 1. The van der Waals surface area contributed by atoms with E-state index >= 15 is 0 Å². The molecule has 0 aliphatic carbocycles. The third-order valence-corrected chi connectivity index (χ3v) is 3.52. The number of likely N-dealkylation sites (tertiary alicyclic amines) is 1. The van der Waals surface area contributed by atoms with Gasteiger partial charge in [0.1, 0.15) is 6.54 Å². The number of amides is 1. The maximum atomic E-state index is 12.1. The van der Waals surface area contributed by atoms with Crippen LogP contribution in [0.2, 0.25) is 0 Å². The number of nitrogens with zero attached hydrogens (tertiary/aromatic N) is 1. The molecule has 2 N–H and O–H groups in total. The van der Waals surface area contributed by atoms with Crippen molar-refractivity contribution in [2.45, 2.75) is 44.5 Å². The fourth-order valence-corrected chi connectivity index (χ4v) is 2.25. The standard InChI is InChI=1S/C13H23F3N2O3/c1-10(12(20)17-9-13(14,15)16)18-5-3-11(4-6-18)21-8-2-7-19/h10-11,19H,2-9H2,1H3,(H,17,20). The molecule has 1 rings (SSSR count). The molecule has 1 aliphatic heterocycles. The summed E-state index contributed by atoms with van der Waals surface area (Å²) in [5.41, 5.74) is 0. The summed E-state index contributed by atoms with van der Waals surface area (Å²) in [5, 5.41) is 10.6. The van der Waals surface area contributed by atoms with Gasteiger partial charge < -0.3 is 15.2 Å². The van der Waals surface area contributed by atoms with Crippen molar-refractivity contribution in [1.29, 1.82) is 0 Å². The topological polar surface area (TPSA) is 61.8 Å². The third kappa shape index (κ3) is 7.10. The molecule has 0 radical (unpaired) electrons. The number of nitrogens with one attached hydrogen (secondary N) is 1. The van der Waals surface area contributed by atoms with E-state index in [1.165, 1.54) is 0 Å². The van der Waals surface area contributed by atoms with Crippen LogP contribution in [-0.2, 0) is 9.53 Å². The lowest BCUT2D eigenvalue weighted by molar-refractivity contribution is -0.141. The van der Waals surface area contributed by atoms with Crippen molar-refractivity contribution < 1.29 is 27.8 Å². The van der Waals surface area contributed by atoms with E-state index < -0.39 is 24.7 Å². The molecule has 124 valence electrons. The Morgan fingerprint density at radius 1 is 1.43 bits per heavy atom. The van der Waals surface area contributed by atoms with Crippen molar-refractivity contribution >= 4 is 5.91 Å². The average molecular weight is 312 g/mol. The average Bonchev–Trinajstić information content (AvgIpc) is 2.44. The van der Waals surface area contributed by atoms with Crippen molar-refractivity contribution in [3.63, 3.8) is 0 Å². The monoisotopic (exact) mass is 312 g/mol. The summed E-state index contributed by atoms with van der Waals surface area (Å²) < 4.78 is 41.7. The molecule has 0 spiro atoms. The minimum Gasteiger partial charge on any atom is -0.396 e. The highest BCUT2D eigenvalue weighted by molar-refractivity contribution is 5.81. The maximum Gasteiger partial charge on any atom is 0.405 e. The minimum absolute atomic E-state index is 0.0925. The molecule has 8 heteroatoms. The smallest absolute Gasteiger partial charge is 0.396 e. The summed E-state index contributed by atoms with van der Waals surface area (Å²) in [6.45, 7) is 2.14. The Hall–Kier alpha value is -0.860. The Bertz CT molecular complexity index is 318. The number of alkyl halides is 3. The number of hydrogen-bond donors (Lipinski definition) is 2. The van der Waals surface area contributed by atoms with Crippen LogP contribution in [0.25, 0.3) is 0 Å². The summed E-state index contributed by atoms with van der Waals surface area (Å²) in [5.74, 6) is -0.605. The van der Waals surface area contributed by atoms with Gasteiger partial charge in [0.15, 0.2) is 0 Å². The largest absolute Gasteiger partial charge is 0.405 e. The first-order chi connectivity index (χ1) is 9.83. The predicted molar refractivity (Wildman–Crippen MR) is 70.8 cm³/mol. The van der Waals surface area contributed by atoms with Crippen LogP contribution in [0.15, 0.2) is 0 Å². The van der Waals surface area contributed by atoms with Gasteiger partial charge in [0.05, 0.1) is 12.1 Å². The number of hydrogen-bond acceptors (Lipinski definition) is 4. The fourth-order valence-electron chi connectivity index (χ4n) is 2.25. The van der Waals surface area contributed by atoms with Crippen LogP contribution in [0, 0.1) is 0 Å². The number of halogens is 3. The van der Waals surface area contributed by atoms with Gasteiger partial charge in [0.25, 0.3) is 0 Å². The molecule has 1 unspecified atom stereocenters. The van der Waals surface area contributed by atoms with E-state index in [0.29, 0.717) is 26.1 Å². The molecule has 0 aromatic rings. The van der Waals surface area contributed by atoms with Crippen LogP contribution in [-0.4, -0.2) is 67.1 Å². The minimum atomic E-state index is -4.39. The van der Waals surface area contributed by atoms with Gasteiger partial charge in [-0.15, -0.1) is 0 Å². The molecule has 21 heavy (non-hydrogen) atoms. The molecule has 0 aromatic heterocycles. The Labute approximate surface area is 122 Å². The number of rotatable bonds is 7. The van der Waals surface area contributed by atoms with Crippen LogP contribution >= 0.6 is 0 Å². The summed E-state index contributed by atoms with van der Waals surface area (Å²) in [7, 11) is 0. The van der Waals surface area contributed by atoms with Gasteiger partial charge in [-0.2, -0.15) is 13.2 Å². The molecule has 1 fully saturated rings. The molecular formula is C13H23F3N2O3. The van der Waals surface area contributed by atoms with Crippen LogP contribution in [0.1, 0.15) is 26.2 Å². The number of ether oxygens (including phenoxy) is 1. The first-order valence-corrected chi connectivity index (χ1v) is 7.14. The van der Waals surface area contributed by atoms with Gasteiger partial charge in [-0.3, -0.25) is 9.69 Å². The summed E-state index contributed by atoms with van der Waals surface area (Å²) in [6.07, 6.45) is -2.22. The lowest BCUT2D eigenvalue weighted by Gasteiger charge is -2.35. The summed E-state index contributed by atoms with van der Waals surface area (Å²) in [6, 6.07) is -0.578. The van der Waals surface area contributed by atoms with E-state index in [-0.39, 0.29) is 12.7 Å². The van der Waals surface area contributed by atoms with Crippen LogP contribution in [0.3, 0.4) is 0 Å². The van der Waals surface area contributed by atoms with Crippen molar-refractivity contribution in [3.05, 3.63) is 0 Å². The normalized spacial score (nSPS) is 19.5. The Morgan fingerprint density at radius 2 is 2.05 bits per heavy atom. The SMILES string of the molecule is CC(C(=O)NCC(F)(F)F)N1CCC(OCCCO)CC1. The zero-order valence-corrected chi connectivity index (χ0v) is 12.2. The molecular weight excluding hydrogens is 289 g/mol. The van der Waals surface area contributed by atoms with Gasteiger partial charge in [-0.1, -0.05) is 0 Å². The highest BCUT2D eigenvalue weighted by Crippen LogP contribution is 2.17. The Balaban J connectivity index is 2.27. The van der Waals surface area contributed by atoms with Gasteiger partial charge in [0.2, 0.25) is 5.91 Å². The van der Waals surface area contributed by atoms with Gasteiger partial charge in [-0.25, -0.2) is 0 Å². The van der Waals surface area contributed by atoms with E-state index in [1.54, 1.807) is 6.92 Å². The fraction of sp³-hybridized carbons (Fsp3) is 0.923. The third-order valence-electron chi connectivity index (χ3n) is 3.52. The number of carbonyl (C=O) groups excluding carboxylic acids is 1. The lowest BCUT2D eigenvalue weighted by Crippen LogP contribution is -2.50. The predicted octanol–water partition coefficient (Wildman–Crippen LogP) is 0.917. The molecule has 0 aromatic carbocycles. The Morgan fingerprint density at radius 3 is 2.57 bits per heavy atom. The zero-order chi connectivity index (χ0) is 15.9. The second kappa shape index (κ2) is 8.55. The summed E-state index contributed by atoms with van der Waals surface area (Å²) >= 11 is 0. The molecule has 0 bridgehead atoms. The quantitative estimate of drug-likeness (QED) is 0.686. The van der Waals surface area contributed by atoms with Gasteiger partial charge in [-0.05, 0) is 26.2 Å². The Kier molecular flexibility index (Phi) is 7.41. The van der Waals surface area contributed by atoms with Crippen molar-refractivity contribution in [3.8, 4) is 0 Å². The summed E-state index contributed by atoms with van der Waals surface area (Å²) in [4.78, 5) is 13.5. The highest BCUT2D eigenvalue weighted by Gasteiger charge is 2.31. The number of carbonyl (C=O) groups is 1. The van der Waals surface area contributed by atoms with Crippen LogP contribution in [0.5, 0.6) is 0 Å². The second-order valence-electron chi connectivity index (χ2n) is 5.19. The van der Waals surface area contributed by atoms with E-state index in [0.717, 1.165) is 12.8 Å². The first kappa shape index (κ1) is 18.2. The molecule has 5 nitrogen and oxygen atoms in total. The highest BCUT2D eigenvalue weighted by atomic mass is 19.4. The van der Waals surface area contributed by atoms with E-state index in [4.69, 9.17) is 9.84 Å². The van der Waals surface area contributed by atoms with E-state index in [9.17, 15) is 18.0 Å². The van der Waals surface area contributed by atoms with E-state index in [2.05, 4.69) is 0 Å². The molecule has 1 heterocycles. The molecule has 1 aliphatic rings. The second-order valence-corrected chi connectivity index (χ2v) is 5.19. The molecule has 1 amide bonds. The van der Waals surface area contributed by atoms with E-state index in [1.807, 2.05) is 10.2 Å². The van der Waals surface area contributed by atoms with Gasteiger partial charge in [0, 0.05) is 26.3 Å². The molecule has 1 saturated heterocycles. The molecule has 0 saturated carbocycles. The van der Waals surface area contributed by atoms with Crippen molar-refractivity contribution in [1.82, 2.24) is 10.2 Å². The first-order valence-electron chi connectivity index (χ1n) is 7.14. The number of aliphatic hydroxyl groups is 1. The van der Waals surface area contributed by atoms with Crippen LogP contribution < -0.4 is 5.32 Å². The van der Waals surface area contributed by atoms with Crippen molar-refractivity contribution in [2.75, 3.05) is 32.8 Å². The molecule has 1 atom stereocenters. The lowest BCUT2D eigenvalue weighted by atomic mass is 10.1. The van der Waals surface area contributed by atoms with Gasteiger partial charge >= 0.3 is 6.18 Å². The zero-order valence-electron chi connectivity index (χ0n) is 12.2. The number of aliphatic hydroxyl groups excluding tert-OH is 1. The maximum absolute atomic E-state index is 12.1. The van der Waals surface area contributed by atoms with Crippen LogP contribution in [0.4, 0.5) is 13.2 Å². The van der Waals surface area contributed by atoms with Crippen molar-refractivity contribution in [2.24, 2.45) is 0 Å².